The monoisotopic (exact) mass is 231 g/mol. The molecule has 0 aliphatic rings. The second kappa shape index (κ2) is 4.95. The molecular weight excluding hydrogens is 214 g/mol. The van der Waals surface area contributed by atoms with Crippen LogP contribution in [0.1, 0.15) is 19.7 Å². The number of aromatic nitrogens is 4. The topological polar surface area (TPSA) is 55.6 Å². The molecule has 0 radical (unpaired) electrons. The second-order valence-electron chi connectivity index (χ2n) is 3.78. The first kappa shape index (κ1) is 11.6. The zero-order valence-corrected chi connectivity index (χ0v) is 10.4. The molecule has 0 aromatic carbocycles. The van der Waals surface area contributed by atoms with Gasteiger partial charge in [-0.2, -0.15) is 5.10 Å². The first-order chi connectivity index (χ1) is 8.24. The van der Waals surface area contributed by atoms with Crippen LogP contribution in [0.5, 0.6) is 0 Å². The van der Waals surface area contributed by atoms with Gasteiger partial charge in [0.1, 0.15) is 11.6 Å². The molecule has 5 nitrogen and oxygen atoms in total. The summed E-state index contributed by atoms with van der Waals surface area (Å²) in [5, 5.41) is 7.38. The molecule has 0 saturated heterocycles. The van der Waals surface area contributed by atoms with Crippen molar-refractivity contribution < 1.29 is 0 Å². The van der Waals surface area contributed by atoms with Gasteiger partial charge in [-0.3, -0.25) is 4.68 Å². The zero-order valence-electron chi connectivity index (χ0n) is 10.4. The number of nitrogens with one attached hydrogen (secondary N) is 1. The van der Waals surface area contributed by atoms with Crippen molar-refractivity contribution in [3.63, 3.8) is 0 Å². The summed E-state index contributed by atoms with van der Waals surface area (Å²) >= 11 is 0. The van der Waals surface area contributed by atoms with Gasteiger partial charge >= 0.3 is 0 Å². The summed E-state index contributed by atoms with van der Waals surface area (Å²) < 4.78 is 1.82. The zero-order chi connectivity index (χ0) is 12.3. The number of aryl methyl sites for hydroxylation is 2. The van der Waals surface area contributed by atoms with Gasteiger partial charge in [-0.1, -0.05) is 6.92 Å². The summed E-state index contributed by atoms with van der Waals surface area (Å²) in [6, 6.07) is 3.91. The van der Waals surface area contributed by atoms with Crippen molar-refractivity contribution in [2.75, 3.05) is 11.9 Å². The van der Waals surface area contributed by atoms with E-state index in [9.17, 15) is 0 Å². The van der Waals surface area contributed by atoms with Crippen LogP contribution in [0.4, 0.5) is 5.82 Å². The molecule has 1 N–H and O–H groups in total. The van der Waals surface area contributed by atoms with Crippen molar-refractivity contribution in [3.8, 4) is 11.4 Å². The molecule has 0 bridgehead atoms. The SMILES string of the molecule is CCNc1cc(-c2ccnn2C)nc(CC)n1. The van der Waals surface area contributed by atoms with E-state index < -0.39 is 0 Å². The quantitative estimate of drug-likeness (QED) is 0.872. The Morgan fingerprint density at radius 3 is 2.71 bits per heavy atom. The highest BCUT2D eigenvalue weighted by Crippen LogP contribution is 2.19. The van der Waals surface area contributed by atoms with Crippen molar-refractivity contribution in [1.29, 1.82) is 0 Å². The largest absolute Gasteiger partial charge is 0.370 e. The van der Waals surface area contributed by atoms with Crippen LogP contribution >= 0.6 is 0 Å². The van der Waals surface area contributed by atoms with Crippen molar-refractivity contribution in [2.24, 2.45) is 7.05 Å². The lowest BCUT2D eigenvalue weighted by molar-refractivity contribution is 0.771. The van der Waals surface area contributed by atoms with Crippen LogP contribution in [-0.4, -0.2) is 26.3 Å². The summed E-state index contributed by atoms with van der Waals surface area (Å²) in [7, 11) is 1.91. The first-order valence-electron chi connectivity index (χ1n) is 5.84. The molecule has 0 atom stereocenters. The fraction of sp³-hybridized carbons (Fsp3) is 0.417. The summed E-state index contributed by atoms with van der Waals surface area (Å²) in [6.45, 7) is 4.96. The molecular formula is C12H17N5. The number of hydrogen-bond acceptors (Lipinski definition) is 4. The van der Waals surface area contributed by atoms with Gasteiger partial charge in [0.15, 0.2) is 0 Å². The molecule has 2 aromatic heterocycles. The van der Waals surface area contributed by atoms with Gasteiger partial charge in [-0.05, 0) is 13.0 Å². The Morgan fingerprint density at radius 1 is 1.29 bits per heavy atom. The fourth-order valence-corrected chi connectivity index (χ4v) is 1.68. The third-order valence-electron chi connectivity index (χ3n) is 2.53. The molecule has 2 aromatic rings. The maximum Gasteiger partial charge on any atom is 0.131 e. The summed E-state index contributed by atoms with van der Waals surface area (Å²) in [5.41, 5.74) is 1.91. The minimum Gasteiger partial charge on any atom is -0.370 e. The maximum absolute atomic E-state index is 4.53. The summed E-state index contributed by atoms with van der Waals surface area (Å²) in [5.74, 6) is 1.72. The Bertz CT molecular complexity index is 503. The van der Waals surface area contributed by atoms with Crippen molar-refractivity contribution in [2.45, 2.75) is 20.3 Å². The summed E-state index contributed by atoms with van der Waals surface area (Å²) in [6.07, 6.45) is 2.60. The van der Waals surface area contributed by atoms with Gasteiger partial charge in [-0.25, -0.2) is 9.97 Å². The molecule has 17 heavy (non-hydrogen) atoms. The molecule has 0 aliphatic carbocycles. The Labute approximate surface area is 101 Å². The normalized spacial score (nSPS) is 10.5. The van der Waals surface area contributed by atoms with Crippen molar-refractivity contribution >= 4 is 5.82 Å². The third-order valence-corrected chi connectivity index (χ3v) is 2.53. The minimum atomic E-state index is 0.823. The van der Waals surface area contributed by atoms with Gasteiger partial charge < -0.3 is 5.32 Å². The molecule has 0 unspecified atom stereocenters. The Hall–Kier alpha value is -1.91. The lowest BCUT2D eigenvalue weighted by Crippen LogP contribution is -2.05. The molecule has 0 fully saturated rings. The number of hydrogen-bond donors (Lipinski definition) is 1. The molecule has 0 spiro atoms. The average molecular weight is 231 g/mol. The van der Waals surface area contributed by atoms with Gasteiger partial charge in [-0.15, -0.1) is 0 Å². The predicted molar refractivity (Wildman–Crippen MR) is 67.8 cm³/mol. The molecule has 5 heteroatoms. The van der Waals surface area contributed by atoms with Crippen LogP contribution in [0, 0.1) is 0 Å². The van der Waals surface area contributed by atoms with Crippen LogP contribution in [0.3, 0.4) is 0 Å². The minimum absolute atomic E-state index is 0.823. The van der Waals surface area contributed by atoms with Crippen LogP contribution < -0.4 is 5.32 Å². The van der Waals surface area contributed by atoms with E-state index in [0.717, 1.165) is 36.0 Å². The van der Waals surface area contributed by atoms with Crippen LogP contribution in [0.15, 0.2) is 18.3 Å². The van der Waals surface area contributed by atoms with Crippen LogP contribution in [0.2, 0.25) is 0 Å². The molecule has 0 aliphatic heterocycles. The Balaban J connectivity index is 2.46. The molecule has 0 saturated carbocycles. The average Bonchev–Trinajstić information content (AvgIpc) is 2.75. The predicted octanol–water partition coefficient (Wildman–Crippen LogP) is 1.87. The van der Waals surface area contributed by atoms with E-state index in [1.165, 1.54) is 0 Å². The lowest BCUT2D eigenvalue weighted by atomic mass is 10.2. The van der Waals surface area contributed by atoms with Crippen LogP contribution in [0.25, 0.3) is 11.4 Å². The third kappa shape index (κ3) is 2.43. The van der Waals surface area contributed by atoms with Crippen molar-refractivity contribution in [3.05, 3.63) is 24.2 Å². The van der Waals surface area contributed by atoms with Gasteiger partial charge in [0.05, 0.1) is 11.4 Å². The van der Waals surface area contributed by atoms with E-state index >= 15 is 0 Å². The molecule has 90 valence electrons. The molecule has 2 rings (SSSR count). The number of rotatable bonds is 4. The van der Waals surface area contributed by atoms with E-state index in [4.69, 9.17) is 0 Å². The van der Waals surface area contributed by atoms with Crippen LogP contribution in [-0.2, 0) is 13.5 Å². The van der Waals surface area contributed by atoms with Gasteiger partial charge in [0.2, 0.25) is 0 Å². The highest BCUT2D eigenvalue weighted by Gasteiger charge is 2.08. The number of nitrogens with zero attached hydrogens (tertiary/aromatic N) is 4. The Kier molecular flexibility index (Phi) is 3.37. The highest BCUT2D eigenvalue weighted by atomic mass is 15.3. The van der Waals surface area contributed by atoms with Gasteiger partial charge in [0, 0.05) is 32.3 Å². The van der Waals surface area contributed by atoms with E-state index in [2.05, 4.69) is 34.2 Å². The van der Waals surface area contributed by atoms with E-state index in [1.54, 1.807) is 6.20 Å². The van der Waals surface area contributed by atoms with Crippen molar-refractivity contribution in [1.82, 2.24) is 19.7 Å². The molecule has 0 amide bonds. The second-order valence-corrected chi connectivity index (χ2v) is 3.78. The first-order valence-corrected chi connectivity index (χ1v) is 5.84. The van der Waals surface area contributed by atoms with E-state index in [0.29, 0.717) is 0 Å². The smallest absolute Gasteiger partial charge is 0.131 e. The van der Waals surface area contributed by atoms with E-state index in [-0.39, 0.29) is 0 Å². The fourth-order valence-electron chi connectivity index (χ4n) is 1.68. The number of anilines is 1. The van der Waals surface area contributed by atoms with E-state index in [1.807, 2.05) is 23.9 Å². The maximum atomic E-state index is 4.53. The lowest BCUT2D eigenvalue weighted by Gasteiger charge is -2.08. The Morgan fingerprint density at radius 2 is 2.12 bits per heavy atom. The molecule has 2 heterocycles. The summed E-state index contributed by atoms with van der Waals surface area (Å²) in [4.78, 5) is 8.95. The standard InChI is InChI=1S/C12H17N5/c1-4-11-15-9(8-12(16-11)13-5-2)10-6-7-14-17(10)3/h6-8H,4-5H2,1-3H3,(H,13,15,16). The highest BCUT2D eigenvalue weighted by molar-refractivity contribution is 5.58. The van der Waals surface area contributed by atoms with Gasteiger partial charge in [0.25, 0.3) is 0 Å².